The van der Waals surface area contributed by atoms with Gasteiger partial charge in [-0.25, -0.2) is 0 Å². The van der Waals surface area contributed by atoms with Crippen molar-refractivity contribution >= 4 is 15.9 Å². The normalized spacial score (nSPS) is 13.1. The van der Waals surface area contributed by atoms with Crippen molar-refractivity contribution in [3.63, 3.8) is 0 Å². The quantitative estimate of drug-likeness (QED) is 0.878. The lowest BCUT2D eigenvalue weighted by Gasteiger charge is -2.13. The van der Waals surface area contributed by atoms with Gasteiger partial charge in [-0.05, 0) is 22.4 Å². The highest BCUT2D eigenvalue weighted by Crippen LogP contribution is 2.22. The van der Waals surface area contributed by atoms with E-state index in [1.165, 1.54) is 0 Å². The third-order valence-electron chi connectivity index (χ3n) is 1.97. The molecule has 0 aliphatic carbocycles. The van der Waals surface area contributed by atoms with E-state index in [0.717, 1.165) is 23.1 Å². The third-order valence-corrected chi connectivity index (χ3v) is 2.58. The van der Waals surface area contributed by atoms with Crippen LogP contribution >= 0.6 is 15.9 Å². The van der Waals surface area contributed by atoms with E-state index in [2.05, 4.69) is 28.0 Å². The van der Waals surface area contributed by atoms with Crippen LogP contribution in [0.1, 0.15) is 25.1 Å². The highest BCUT2D eigenvalue weighted by Gasteiger charge is 2.15. The van der Waals surface area contributed by atoms with Crippen LogP contribution in [0.2, 0.25) is 0 Å². The Morgan fingerprint density at radius 3 is 3.00 bits per heavy atom. The molecule has 1 rings (SSSR count). The molecule has 0 saturated carbocycles. The van der Waals surface area contributed by atoms with Gasteiger partial charge in [0.15, 0.2) is 0 Å². The smallest absolute Gasteiger partial charge is 0.0717 e. The Bertz CT molecular complexity index is 288. The lowest BCUT2D eigenvalue weighted by molar-refractivity contribution is 0.177. The van der Waals surface area contributed by atoms with Gasteiger partial charge in [0.25, 0.3) is 0 Å². The van der Waals surface area contributed by atoms with Crippen molar-refractivity contribution in [1.82, 2.24) is 9.78 Å². The van der Waals surface area contributed by atoms with E-state index >= 15 is 0 Å². The topological polar surface area (TPSA) is 53.1 Å². The van der Waals surface area contributed by atoms with E-state index in [1.54, 1.807) is 13.3 Å². The molecule has 0 aromatic carbocycles. The van der Waals surface area contributed by atoms with E-state index < -0.39 is 0 Å². The van der Waals surface area contributed by atoms with E-state index in [4.69, 9.17) is 10.5 Å². The molecule has 1 atom stereocenters. The Morgan fingerprint density at radius 1 is 1.71 bits per heavy atom. The highest BCUT2D eigenvalue weighted by molar-refractivity contribution is 9.10. The average Bonchev–Trinajstić information content (AvgIpc) is 2.48. The van der Waals surface area contributed by atoms with Gasteiger partial charge in [-0.1, -0.05) is 6.92 Å². The lowest BCUT2D eigenvalue weighted by Crippen LogP contribution is -2.21. The molecule has 5 heteroatoms. The number of rotatable bonds is 5. The molecule has 0 aliphatic heterocycles. The summed E-state index contributed by atoms with van der Waals surface area (Å²) in [6, 6.07) is -0.122. The van der Waals surface area contributed by atoms with E-state index in [-0.39, 0.29) is 6.04 Å². The first kappa shape index (κ1) is 11.7. The molecule has 1 unspecified atom stereocenters. The number of hydrogen-bond acceptors (Lipinski definition) is 3. The van der Waals surface area contributed by atoms with Gasteiger partial charge in [-0.15, -0.1) is 0 Å². The minimum absolute atomic E-state index is 0.122. The molecule has 0 saturated heterocycles. The predicted molar refractivity (Wildman–Crippen MR) is 59.0 cm³/mol. The van der Waals surface area contributed by atoms with Gasteiger partial charge in [0.2, 0.25) is 0 Å². The van der Waals surface area contributed by atoms with E-state index in [0.29, 0.717) is 6.61 Å². The summed E-state index contributed by atoms with van der Waals surface area (Å²) < 4.78 is 7.91. The van der Waals surface area contributed by atoms with Crippen molar-refractivity contribution in [3.8, 4) is 0 Å². The fourth-order valence-corrected chi connectivity index (χ4v) is 1.98. The maximum Gasteiger partial charge on any atom is 0.0717 e. The second kappa shape index (κ2) is 5.48. The summed E-state index contributed by atoms with van der Waals surface area (Å²) in [5.41, 5.74) is 6.97. The minimum atomic E-state index is -0.122. The Balaban J connectivity index is 2.86. The Hall–Kier alpha value is -0.390. The van der Waals surface area contributed by atoms with Crippen molar-refractivity contribution in [2.75, 3.05) is 13.7 Å². The molecule has 1 heterocycles. The van der Waals surface area contributed by atoms with Gasteiger partial charge >= 0.3 is 0 Å². The van der Waals surface area contributed by atoms with Gasteiger partial charge in [-0.2, -0.15) is 5.10 Å². The average molecular weight is 262 g/mol. The van der Waals surface area contributed by atoms with Crippen LogP contribution in [0.15, 0.2) is 10.7 Å². The number of ether oxygens (including phenoxy) is 1. The number of hydrogen-bond donors (Lipinski definition) is 1. The molecule has 80 valence electrons. The fraction of sp³-hybridized carbons (Fsp3) is 0.667. The van der Waals surface area contributed by atoms with Gasteiger partial charge in [0, 0.05) is 13.7 Å². The molecule has 0 amide bonds. The maximum absolute atomic E-state index is 5.97. The molecule has 0 aliphatic rings. The second-order valence-electron chi connectivity index (χ2n) is 3.16. The molecular formula is C9H16BrN3O. The zero-order chi connectivity index (χ0) is 10.6. The number of methoxy groups -OCH3 is 1. The molecule has 0 radical (unpaired) electrons. The summed E-state index contributed by atoms with van der Waals surface area (Å²) in [5.74, 6) is 0. The first-order valence-electron chi connectivity index (χ1n) is 4.66. The van der Waals surface area contributed by atoms with Crippen LogP contribution in [-0.2, 0) is 11.3 Å². The molecule has 1 aromatic rings. The number of nitrogens with two attached hydrogens (primary N) is 1. The first-order valence-corrected chi connectivity index (χ1v) is 5.45. The number of aromatic nitrogens is 2. The first-order chi connectivity index (χ1) is 6.70. The largest absolute Gasteiger partial charge is 0.383 e. The monoisotopic (exact) mass is 261 g/mol. The minimum Gasteiger partial charge on any atom is -0.383 e. The molecule has 14 heavy (non-hydrogen) atoms. The maximum atomic E-state index is 5.97. The molecule has 0 spiro atoms. The molecular weight excluding hydrogens is 246 g/mol. The van der Waals surface area contributed by atoms with Crippen molar-refractivity contribution in [1.29, 1.82) is 0 Å². The second-order valence-corrected chi connectivity index (χ2v) is 4.02. The molecule has 0 bridgehead atoms. The van der Waals surface area contributed by atoms with Crippen LogP contribution in [0.4, 0.5) is 0 Å². The van der Waals surface area contributed by atoms with Gasteiger partial charge < -0.3 is 10.5 Å². The zero-order valence-electron chi connectivity index (χ0n) is 8.53. The molecule has 2 N–H and O–H groups in total. The fourth-order valence-electron chi connectivity index (χ4n) is 1.39. The Kier molecular flexibility index (Phi) is 4.57. The summed E-state index contributed by atoms with van der Waals surface area (Å²) in [6.45, 7) is 3.51. The predicted octanol–water partition coefficient (Wildman–Crippen LogP) is 1.70. The van der Waals surface area contributed by atoms with Crippen LogP contribution in [0.25, 0.3) is 0 Å². The van der Waals surface area contributed by atoms with E-state index in [9.17, 15) is 0 Å². The zero-order valence-corrected chi connectivity index (χ0v) is 10.1. The van der Waals surface area contributed by atoms with Gasteiger partial charge in [0.05, 0.1) is 29.0 Å². The number of halogens is 1. The SMILES string of the molecule is CCCn1ncc(Br)c1C(N)COC. The summed E-state index contributed by atoms with van der Waals surface area (Å²) in [5, 5.41) is 4.24. The lowest BCUT2D eigenvalue weighted by atomic mass is 10.2. The van der Waals surface area contributed by atoms with Crippen molar-refractivity contribution in [2.24, 2.45) is 5.73 Å². The summed E-state index contributed by atoms with van der Waals surface area (Å²) in [7, 11) is 1.65. The van der Waals surface area contributed by atoms with Crippen LogP contribution < -0.4 is 5.73 Å². The van der Waals surface area contributed by atoms with Gasteiger partial charge in [0.1, 0.15) is 0 Å². The number of aryl methyl sites for hydroxylation is 1. The third kappa shape index (κ3) is 2.56. The molecule has 1 aromatic heterocycles. The number of nitrogens with zero attached hydrogens (tertiary/aromatic N) is 2. The molecule has 0 fully saturated rings. The summed E-state index contributed by atoms with van der Waals surface area (Å²) in [6.07, 6.45) is 2.82. The highest BCUT2D eigenvalue weighted by atomic mass is 79.9. The standard InChI is InChI=1S/C9H16BrN3O/c1-3-4-13-9(7(10)5-12-13)8(11)6-14-2/h5,8H,3-4,6,11H2,1-2H3. The van der Waals surface area contributed by atoms with Crippen LogP contribution in [0.3, 0.4) is 0 Å². The summed E-state index contributed by atoms with van der Waals surface area (Å²) in [4.78, 5) is 0. The van der Waals surface area contributed by atoms with Crippen molar-refractivity contribution in [3.05, 3.63) is 16.4 Å². The van der Waals surface area contributed by atoms with Crippen molar-refractivity contribution in [2.45, 2.75) is 25.9 Å². The Labute approximate surface area is 92.5 Å². The summed E-state index contributed by atoms with van der Waals surface area (Å²) >= 11 is 3.44. The van der Waals surface area contributed by atoms with E-state index in [1.807, 2.05) is 4.68 Å². The Morgan fingerprint density at radius 2 is 2.43 bits per heavy atom. The molecule has 4 nitrogen and oxygen atoms in total. The van der Waals surface area contributed by atoms with Crippen LogP contribution in [0, 0.1) is 0 Å². The van der Waals surface area contributed by atoms with Crippen LogP contribution in [-0.4, -0.2) is 23.5 Å². The van der Waals surface area contributed by atoms with Gasteiger partial charge in [-0.3, -0.25) is 4.68 Å². The van der Waals surface area contributed by atoms with Crippen molar-refractivity contribution < 1.29 is 4.74 Å². The van der Waals surface area contributed by atoms with Crippen LogP contribution in [0.5, 0.6) is 0 Å².